The monoisotopic (exact) mass is 322 g/mol. The lowest BCUT2D eigenvalue weighted by molar-refractivity contribution is 0.159. The Morgan fingerprint density at radius 3 is 3.05 bits per heavy atom. The van der Waals surface area contributed by atoms with E-state index in [-0.39, 0.29) is 11.8 Å². The number of benzene rings is 1. The fraction of sp³-hybridized carbons (Fsp3) is 0.333. The first-order chi connectivity index (χ1) is 10.7. The Hall–Kier alpha value is -2.15. The van der Waals surface area contributed by atoms with Gasteiger partial charge in [-0.1, -0.05) is 0 Å². The number of carbonyl (C=O) groups excluding carboxylic acids is 1. The van der Waals surface area contributed by atoms with Crippen molar-refractivity contribution in [3.63, 3.8) is 0 Å². The summed E-state index contributed by atoms with van der Waals surface area (Å²) in [5.41, 5.74) is 1.44. The second-order valence-corrected chi connectivity index (χ2v) is 5.77. The van der Waals surface area contributed by atoms with Gasteiger partial charge >= 0.3 is 6.09 Å². The molecule has 0 spiro atoms. The molecule has 0 radical (unpaired) electrons. The Labute approximate surface area is 131 Å². The molecule has 1 aliphatic heterocycles. The number of halogens is 1. The zero-order valence-corrected chi connectivity index (χ0v) is 12.9. The van der Waals surface area contributed by atoms with E-state index in [2.05, 4.69) is 4.98 Å². The molecule has 0 N–H and O–H groups in total. The molecule has 3 rings (SSSR count). The van der Waals surface area contributed by atoms with Crippen molar-refractivity contribution in [1.29, 1.82) is 0 Å². The van der Waals surface area contributed by atoms with E-state index in [1.807, 2.05) is 5.38 Å². The first kappa shape index (κ1) is 14.8. The Balaban J connectivity index is 1.68. The van der Waals surface area contributed by atoms with Crippen molar-refractivity contribution < 1.29 is 18.7 Å². The van der Waals surface area contributed by atoms with Gasteiger partial charge < -0.3 is 14.4 Å². The van der Waals surface area contributed by atoms with Crippen LogP contribution in [0.5, 0.6) is 5.75 Å². The fourth-order valence-electron chi connectivity index (χ4n) is 2.24. The van der Waals surface area contributed by atoms with Crippen LogP contribution in [-0.4, -0.2) is 42.8 Å². The highest BCUT2D eigenvalue weighted by molar-refractivity contribution is 7.09. The Morgan fingerprint density at radius 1 is 1.50 bits per heavy atom. The van der Waals surface area contributed by atoms with E-state index in [4.69, 9.17) is 9.47 Å². The number of thiazole rings is 1. The van der Waals surface area contributed by atoms with Crippen LogP contribution in [0.25, 0.3) is 11.3 Å². The average molecular weight is 322 g/mol. The molecule has 1 amide bonds. The summed E-state index contributed by atoms with van der Waals surface area (Å²) >= 11 is 1.50. The molecule has 0 atom stereocenters. The quantitative estimate of drug-likeness (QED) is 0.849. The zero-order valence-electron chi connectivity index (χ0n) is 12.0. The second-order valence-electron chi connectivity index (χ2n) is 4.83. The summed E-state index contributed by atoms with van der Waals surface area (Å²) in [4.78, 5) is 17.5. The Bertz CT molecular complexity index is 689. The van der Waals surface area contributed by atoms with Gasteiger partial charge in [0.25, 0.3) is 0 Å². The molecule has 1 aliphatic rings. The number of hydrogen-bond acceptors (Lipinski definition) is 5. The SMILES string of the molecule is COc1ccc(-c2csc(CCN3CCOC3=O)n2)cc1F. The van der Waals surface area contributed by atoms with Crippen LogP contribution in [0.1, 0.15) is 5.01 Å². The van der Waals surface area contributed by atoms with E-state index in [0.717, 1.165) is 10.7 Å². The molecule has 7 heteroatoms. The number of nitrogens with zero attached hydrogens (tertiary/aromatic N) is 2. The molecule has 1 fully saturated rings. The van der Waals surface area contributed by atoms with Crippen LogP contribution >= 0.6 is 11.3 Å². The molecule has 1 aromatic heterocycles. The van der Waals surface area contributed by atoms with E-state index in [0.29, 0.717) is 31.7 Å². The molecule has 2 heterocycles. The lowest BCUT2D eigenvalue weighted by Crippen LogP contribution is -2.26. The van der Waals surface area contributed by atoms with Gasteiger partial charge in [-0.25, -0.2) is 14.2 Å². The van der Waals surface area contributed by atoms with E-state index in [9.17, 15) is 9.18 Å². The van der Waals surface area contributed by atoms with Gasteiger partial charge in [0.1, 0.15) is 6.61 Å². The van der Waals surface area contributed by atoms with Crippen molar-refractivity contribution in [2.24, 2.45) is 0 Å². The van der Waals surface area contributed by atoms with Crippen LogP contribution in [-0.2, 0) is 11.2 Å². The van der Waals surface area contributed by atoms with Gasteiger partial charge in [0.2, 0.25) is 0 Å². The summed E-state index contributed by atoms with van der Waals surface area (Å²) in [6.45, 7) is 1.66. The van der Waals surface area contributed by atoms with Gasteiger partial charge in [0.05, 0.1) is 24.4 Å². The molecule has 5 nitrogen and oxygen atoms in total. The molecular formula is C15H15FN2O3S. The Kier molecular flexibility index (Phi) is 4.24. The molecule has 0 unspecified atom stereocenters. The standard InChI is InChI=1S/C15H15FN2O3S/c1-20-13-3-2-10(8-11(13)16)12-9-22-14(17-12)4-5-18-6-7-21-15(18)19/h2-3,8-9H,4-7H2,1H3. The molecule has 0 bridgehead atoms. The maximum absolute atomic E-state index is 13.7. The predicted octanol–water partition coefficient (Wildman–Crippen LogP) is 2.95. The van der Waals surface area contributed by atoms with E-state index >= 15 is 0 Å². The normalized spacial score (nSPS) is 14.3. The van der Waals surface area contributed by atoms with Crippen molar-refractivity contribution >= 4 is 17.4 Å². The molecule has 1 saturated heterocycles. The van der Waals surface area contributed by atoms with Gasteiger partial charge in [-0.15, -0.1) is 11.3 Å². The highest BCUT2D eigenvalue weighted by Crippen LogP contribution is 2.27. The van der Waals surface area contributed by atoms with E-state index < -0.39 is 5.82 Å². The highest BCUT2D eigenvalue weighted by Gasteiger charge is 2.21. The molecule has 0 saturated carbocycles. The highest BCUT2D eigenvalue weighted by atomic mass is 32.1. The van der Waals surface area contributed by atoms with Gasteiger partial charge in [-0.3, -0.25) is 0 Å². The van der Waals surface area contributed by atoms with Crippen LogP contribution in [0.3, 0.4) is 0 Å². The van der Waals surface area contributed by atoms with Crippen molar-refractivity contribution in [1.82, 2.24) is 9.88 Å². The first-order valence-electron chi connectivity index (χ1n) is 6.87. The fourth-order valence-corrected chi connectivity index (χ4v) is 3.04. The van der Waals surface area contributed by atoms with E-state index in [1.54, 1.807) is 17.0 Å². The Morgan fingerprint density at radius 2 is 2.36 bits per heavy atom. The summed E-state index contributed by atoms with van der Waals surface area (Å²) in [7, 11) is 1.43. The van der Waals surface area contributed by atoms with Crippen LogP contribution in [0, 0.1) is 5.82 Å². The second kappa shape index (κ2) is 6.31. The molecule has 22 heavy (non-hydrogen) atoms. The van der Waals surface area contributed by atoms with Crippen LogP contribution in [0.2, 0.25) is 0 Å². The number of rotatable bonds is 5. The number of ether oxygens (including phenoxy) is 2. The third-order valence-corrected chi connectivity index (χ3v) is 4.35. The molecule has 116 valence electrons. The number of carbonyl (C=O) groups is 1. The molecule has 0 aliphatic carbocycles. The smallest absolute Gasteiger partial charge is 0.409 e. The minimum Gasteiger partial charge on any atom is -0.494 e. The third-order valence-electron chi connectivity index (χ3n) is 3.44. The molecule has 2 aromatic rings. The van der Waals surface area contributed by atoms with Crippen molar-refractivity contribution in [3.05, 3.63) is 34.4 Å². The van der Waals surface area contributed by atoms with Crippen LogP contribution in [0.15, 0.2) is 23.6 Å². The lowest BCUT2D eigenvalue weighted by Gasteiger charge is -2.10. The minimum atomic E-state index is -0.408. The summed E-state index contributed by atoms with van der Waals surface area (Å²) in [5.74, 6) is -0.193. The van der Waals surface area contributed by atoms with Gasteiger partial charge in [0, 0.05) is 23.9 Å². The number of amides is 1. The van der Waals surface area contributed by atoms with Crippen molar-refractivity contribution in [3.8, 4) is 17.0 Å². The maximum Gasteiger partial charge on any atom is 0.409 e. The summed E-state index contributed by atoms with van der Waals surface area (Å²) < 4.78 is 23.5. The van der Waals surface area contributed by atoms with Gasteiger partial charge in [0.15, 0.2) is 11.6 Å². The third kappa shape index (κ3) is 3.04. The van der Waals surface area contributed by atoms with Gasteiger partial charge in [-0.2, -0.15) is 0 Å². The molecular weight excluding hydrogens is 307 g/mol. The first-order valence-corrected chi connectivity index (χ1v) is 7.75. The predicted molar refractivity (Wildman–Crippen MR) is 80.7 cm³/mol. The number of aromatic nitrogens is 1. The maximum atomic E-state index is 13.7. The van der Waals surface area contributed by atoms with Crippen molar-refractivity contribution in [2.75, 3.05) is 26.8 Å². The number of cyclic esters (lactones) is 1. The largest absolute Gasteiger partial charge is 0.494 e. The van der Waals surface area contributed by atoms with Crippen LogP contribution < -0.4 is 4.74 Å². The zero-order chi connectivity index (χ0) is 15.5. The molecule has 1 aromatic carbocycles. The summed E-state index contributed by atoms with van der Waals surface area (Å²) in [6.07, 6.45) is 0.396. The number of hydrogen-bond donors (Lipinski definition) is 0. The topological polar surface area (TPSA) is 51.7 Å². The van der Waals surface area contributed by atoms with E-state index in [1.165, 1.54) is 24.5 Å². The number of methoxy groups -OCH3 is 1. The van der Waals surface area contributed by atoms with Crippen molar-refractivity contribution in [2.45, 2.75) is 6.42 Å². The minimum absolute atomic E-state index is 0.215. The summed E-state index contributed by atoms with van der Waals surface area (Å²) in [5, 5.41) is 2.80. The average Bonchev–Trinajstić information content (AvgIpc) is 3.14. The lowest BCUT2D eigenvalue weighted by atomic mass is 10.1. The van der Waals surface area contributed by atoms with Crippen LogP contribution in [0.4, 0.5) is 9.18 Å². The van der Waals surface area contributed by atoms with Gasteiger partial charge in [-0.05, 0) is 18.2 Å². The summed E-state index contributed by atoms with van der Waals surface area (Å²) in [6, 6.07) is 4.78.